The molecule has 126 valence electrons. The second-order valence-electron chi connectivity index (χ2n) is 5.41. The van der Waals surface area contributed by atoms with Crippen molar-refractivity contribution in [1.29, 1.82) is 0 Å². The summed E-state index contributed by atoms with van der Waals surface area (Å²) in [5.74, 6) is 0.459. The molecule has 0 aliphatic carbocycles. The maximum Gasteiger partial charge on any atom is 0.262 e. The van der Waals surface area contributed by atoms with Crippen molar-refractivity contribution in [3.63, 3.8) is 0 Å². The molecule has 0 spiro atoms. The normalized spacial score (nSPS) is 14.3. The molecule has 1 aliphatic heterocycles. The number of hydrogen-bond donors (Lipinski definition) is 1. The van der Waals surface area contributed by atoms with Crippen LogP contribution in [0.4, 0.5) is 11.4 Å². The fourth-order valence-electron chi connectivity index (χ4n) is 2.48. The summed E-state index contributed by atoms with van der Waals surface area (Å²) in [5, 5.41) is 2.84. The highest BCUT2D eigenvalue weighted by atomic mass is 79.9. The van der Waals surface area contributed by atoms with Gasteiger partial charge in [-0.3, -0.25) is 4.79 Å². The van der Waals surface area contributed by atoms with Gasteiger partial charge in [0.2, 0.25) is 0 Å². The van der Waals surface area contributed by atoms with Crippen LogP contribution >= 0.6 is 15.9 Å². The molecule has 0 aromatic heterocycles. The molecule has 0 atom stereocenters. The number of anilines is 2. The van der Waals surface area contributed by atoms with E-state index in [-0.39, 0.29) is 12.5 Å². The summed E-state index contributed by atoms with van der Waals surface area (Å²) in [6, 6.07) is 15.3. The molecule has 3 rings (SSSR count). The molecule has 2 aromatic rings. The second-order valence-corrected chi connectivity index (χ2v) is 6.27. The predicted octanol–water partition coefficient (Wildman–Crippen LogP) is 3.30. The molecule has 0 saturated carbocycles. The summed E-state index contributed by atoms with van der Waals surface area (Å²) < 4.78 is 11.7. The van der Waals surface area contributed by atoms with Crippen molar-refractivity contribution in [2.45, 2.75) is 0 Å². The Kier molecular flexibility index (Phi) is 5.72. The molecule has 0 unspecified atom stereocenters. The first-order valence-corrected chi connectivity index (χ1v) is 8.61. The van der Waals surface area contributed by atoms with E-state index in [1.54, 1.807) is 0 Å². The molecule has 1 aliphatic rings. The zero-order valence-electron chi connectivity index (χ0n) is 13.2. The van der Waals surface area contributed by atoms with Gasteiger partial charge in [0.25, 0.3) is 5.91 Å². The summed E-state index contributed by atoms with van der Waals surface area (Å²) in [6.45, 7) is 3.26. The monoisotopic (exact) mass is 390 g/mol. The molecule has 1 amide bonds. The Labute approximate surface area is 149 Å². The standard InChI is InChI=1S/C18H19BrN2O3/c19-16-3-1-2-4-17(16)24-13-18(22)20-14-5-7-15(8-6-14)21-9-11-23-12-10-21/h1-8H,9-13H2,(H,20,22). The fraction of sp³-hybridized carbons (Fsp3) is 0.278. The van der Waals surface area contributed by atoms with Crippen molar-refractivity contribution in [2.75, 3.05) is 43.1 Å². The summed E-state index contributed by atoms with van der Waals surface area (Å²) in [6.07, 6.45) is 0. The molecule has 0 radical (unpaired) electrons. The average molecular weight is 391 g/mol. The van der Waals surface area contributed by atoms with E-state index in [9.17, 15) is 4.79 Å². The molecule has 6 heteroatoms. The Hall–Kier alpha value is -2.05. The van der Waals surface area contributed by atoms with Crippen LogP contribution in [-0.4, -0.2) is 38.8 Å². The lowest BCUT2D eigenvalue weighted by atomic mass is 10.2. The number of hydrogen-bond acceptors (Lipinski definition) is 4. The minimum absolute atomic E-state index is 0.0339. The van der Waals surface area contributed by atoms with Crippen LogP contribution < -0.4 is 15.0 Å². The number of rotatable bonds is 5. The minimum Gasteiger partial charge on any atom is -0.483 e. The van der Waals surface area contributed by atoms with E-state index < -0.39 is 0 Å². The van der Waals surface area contributed by atoms with Crippen LogP contribution in [0.25, 0.3) is 0 Å². The van der Waals surface area contributed by atoms with Gasteiger partial charge < -0.3 is 19.7 Å². The quantitative estimate of drug-likeness (QED) is 0.850. The van der Waals surface area contributed by atoms with E-state index in [1.807, 2.05) is 48.5 Å². The first-order chi connectivity index (χ1) is 11.7. The van der Waals surface area contributed by atoms with E-state index in [0.29, 0.717) is 5.75 Å². The summed E-state index contributed by atoms with van der Waals surface area (Å²) in [4.78, 5) is 14.3. The van der Waals surface area contributed by atoms with Gasteiger partial charge in [0.1, 0.15) is 5.75 Å². The number of nitrogens with one attached hydrogen (secondary N) is 1. The molecule has 1 N–H and O–H groups in total. The third-order valence-electron chi connectivity index (χ3n) is 3.72. The van der Waals surface area contributed by atoms with Gasteiger partial charge in [-0.05, 0) is 52.3 Å². The largest absolute Gasteiger partial charge is 0.483 e. The smallest absolute Gasteiger partial charge is 0.262 e. The maximum absolute atomic E-state index is 12.0. The SMILES string of the molecule is O=C(COc1ccccc1Br)Nc1ccc(N2CCOCC2)cc1. The Morgan fingerprint density at radius 2 is 1.83 bits per heavy atom. The zero-order chi connectivity index (χ0) is 16.8. The van der Waals surface area contributed by atoms with Crippen molar-refractivity contribution < 1.29 is 14.3 Å². The number of amides is 1. The molecule has 1 fully saturated rings. The predicted molar refractivity (Wildman–Crippen MR) is 97.7 cm³/mol. The fourth-order valence-corrected chi connectivity index (χ4v) is 2.88. The lowest BCUT2D eigenvalue weighted by molar-refractivity contribution is -0.118. The van der Waals surface area contributed by atoms with Crippen LogP contribution in [-0.2, 0) is 9.53 Å². The number of carbonyl (C=O) groups excluding carboxylic acids is 1. The van der Waals surface area contributed by atoms with Gasteiger partial charge in [0.15, 0.2) is 6.61 Å². The van der Waals surface area contributed by atoms with Crippen LogP contribution in [0.1, 0.15) is 0 Å². The number of ether oxygens (including phenoxy) is 2. The highest BCUT2D eigenvalue weighted by molar-refractivity contribution is 9.10. The molecule has 1 saturated heterocycles. The van der Waals surface area contributed by atoms with E-state index >= 15 is 0 Å². The number of morpholine rings is 1. The van der Waals surface area contributed by atoms with Gasteiger partial charge >= 0.3 is 0 Å². The average Bonchev–Trinajstić information content (AvgIpc) is 2.62. The molecular weight excluding hydrogens is 372 g/mol. The van der Waals surface area contributed by atoms with Crippen molar-refractivity contribution in [3.05, 3.63) is 53.0 Å². The van der Waals surface area contributed by atoms with E-state index in [1.165, 1.54) is 0 Å². The van der Waals surface area contributed by atoms with Gasteiger partial charge in [-0.25, -0.2) is 0 Å². The van der Waals surface area contributed by atoms with Crippen molar-refractivity contribution in [1.82, 2.24) is 0 Å². The Balaban J connectivity index is 1.52. The highest BCUT2D eigenvalue weighted by Crippen LogP contribution is 2.24. The second kappa shape index (κ2) is 8.17. The molecule has 5 nitrogen and oxygen atoms in total. The summed E-state index contributed by atoms with van der Waals surface area (Å²) >= 11 is 3.39. The minimum atomic E-state index is -0.190. The maximum atomic E-state index is 12.0. The number of nitrogens with zero attached hydrogens (tertiary/aromatic N) is 1. The lowest BCUT2D eigenvalue weighted by Gasteiger charge is -2.28. The third kappa shape index (κ3) is 4.49. The Morgan fingerprint density at radius 3 is 2.54 bits per heavy atom. The Bertz CT molecular complexity index is 685. The molecule has 0 bridgehead atoms. The first kappa shape index (κ1) is 16.8. The van der Waals surface area contributed by atoms with Crippen LogP contribution in [0.5, 0.6) is 5.75 Å². The van der Waals surface area contributed by atoms with Crippen LogP contribution in [0.2, 0.25) is 0 Å². The topological polar surface area (TPSA) is 50.8 Å². The van der Waals surface area contributed by atoms with E-state index in [4.69, 9.17) is 9.47 Å². The third-order valence-corrected chi connectivity index (χ3v) is 4.38. The van der Waals surface area contributed by atoms with Gasteiger partial charge in [-0.15, -0.1) is 0 Å². The summed E-state index contributed by atoms with van der Waals surface area (Å²) in [7, 11) is 0. The van der Waals surface area contributed by atoms with Crippen LogP contribution in [0.3, 0.4) is 0 Å². The number of carbonyl (C=O) groups is 1. The Morgan fingerprint density at radius 1 is 1.12 bits per heavy atom. The van der Waals surface area contributed by atoms with Gasteiger partial charge in [0.05, 0.1) is 17.7 Å². The summed E-state index contributed by atoms with van der Waals surface area (Å²) in [5.41, 5.74) is 1.90. The van der Waals surface area contributed by atoms with Crippen molar-refractivity contribution in [2.24, 2.45) is 0 Å². The number of benzene rings is 2. The van der Waals surface area contributed by atoms with Crippen LogP contribution in [0, 0.1) is 0 Å². The van der Waals surface area contributed by atoms with E-state index in [2.05, 4.69) is 26.1 Å². The molecule has 1 heterocycles. The van der Waals surface area contributed by atoms with Gasteiger partial charge in [-0.2, -0.15) is 0 Å². The number of para-hydroxylation sites is 1. The molecule has 2 aromatic carbocycles. The number of halogens is 1. The van der Waals surface area contributed by atoms with Crippen molar-refractivity contribution in [3.8, 4) is 5.75 Å². The van der Waals surface area contributed by atoms with E-state index in [0.717, 1.165) is 42.2 Å². The first-order valence-electron chi connectivity index (χ1n) is 7.82. The molecular formula is C18H19BrN2O3. The lowest BCUT2D eigenvalue weighted by Crippen LogP contribution is -2.36. The van der Waals surface area contributed by atoms with Crippen LogP contribution in [0.15, 0.2) is 53.0 Å². The van der Waals surface area contributed by atoms with Crippen molar-refractivity contribution >= 4 is 33.2 Å². The highest BCUT2D eigenvalue weighted by Gasteiger charge is 2.11. The van der Waals surface area contributed by atoms with Gasteiger partial charge in [0, 0.05) is 24.5 Å². The zero-order valence-corrected chi connectivity index (χ0v) is 14.8. The van der Waals surface area contributed by atoms with Gasteiger partial charge in [-0.1, -0.05) is 12.1 Å². The molecule has 24 heavy (non-hydrogen) atoms.